The van der Waals surface area contributed by atoms with E-state index in [1.807, 2.05) is 6.92 Å². The minimum absolute atomic E-state index is 0.112. The molecule has 1 aromatic carbocycles. The number of hydrogen-bond donors (Lipinski definition) is 1. The molecule has 0 heterocycles. The molecular weight excluding hydrogens is 237 g/mol. The second kappa shape index (κ2) is 4.58. The summed E-state index contributed by atoms with van der Waals surface area (Å²) in [6, 6.07) is 1.70. The van der Waals surface area contributed by atoms with Gasteiger partial charge in [0.2, 0.25) is 0 Å². The molecule has 0 amide bonds. The van der Waals surface area contributed by atoms with E-state index >= 15 is 0 Å². The molecule has 1 aliphatic rings. The van der Waals surface area contributed by atoms with Crippen molar-refractivity contribution in [2.45, 2.75) is 44.9 Å². The molecule has 0 spiro atoms. The van der Waals surface area contributed by atoms with Gasteiger partial charge in [0.1, 0.15) is 5.82 Å². The Morgan fingerprint density at radius 3 is 2.47 bits per heavy atom. The third kappa shape index (κ3) is 1.98. The summed E-state index contributed by atoms with van der Waals surface area (Å²) in [6.07, 6.45) is 4.20. The lowest BCUT2D eigenvalue weighted by Crippen LogP contribution is -2.34. The Kier molecular flexibility index (Phi) is 3.46. The van der Waals surface area contributed by atoms with Crippen molar-refractivity contribution in [3.8, 4) is 0 Å². The van der Waals surface area contributed by atoms with Gasteiger partial charge in [0.25, 0.3) is 0 Å². The van der Waals surface area contributed by atoms with E-state index in [9.17, 15) is 4.39 Å². The molecule has 0 atom stereocenters. The quantitative estimate of drug-likeness (QED) is 0.853. The van der Waals surface area contributed by atoms with Gasteiger partial charge in [0, 0.05) is 17.0 Å². The summed E-state index contributed by atoms with van der Waals surface area (Å²) in [5.41, 5.74) is 7.99. The van der Waals surface area contributed by atoms with Crippen molar-refractivity contribution in [1.29, 1.82) is 0 Å². The van der Waals surface area contributed by atoms with Gasteiger partial charge in [0.05, 0.1) is 0 Å². The van der Waals surface area contributed by atoms with E-state index in [1.54, 1.807) is 13.0 Å². The summed E-state index contributed by atoms with van der Waals surface area (Å²) >= 11 is 6.18. The maximum Gasteiger partial charge on any atom is 0.130 e. The lowest BCUT2D eigenvalue weighted by Gasteiger charge is -2.31. The highest BCUT2D eigenvalue weighted by Crippen LogP contribution is 2.44. The van der Waals surface area contributed by atoms with Crippen LogP contribution in [0.25, 0.3) is 0 Å². The lowest BCUT2D eigenvalue weighted by molar-refractivity contribution is 0.422. The Bertz CT molecular complexity index is 410. The summed E-state index contributed by atoms with van der Waals surface area (Å²) in [5, 5.41) is 0.652. The molecular formula is C14H19ClFN. The summed E-state index contributed by atoms with van der Waals surface area (Å²) in [4.78, 5) is 0. The maximum atomic E-state index is 14.4. The topological polar surface area (TPSA) is 26.0 Å². The Balaban J connectivity index is 2.65. The van der Waals surface area contributed by atoms with Crippen LogP contribution in [0.5, 0.6) is 0 Å². The van der Waals surface area contributed by atoms with Crippen LogP contribution in [0, 0.1) is 19.7 Å². The van der Waals surface area contributed by atoms with Gasteiger partial charge in [-0.3, -0.25) is 0 Å². The highest BCUT2D eigenvalue weighted by atomic mass is 35.5. The fourth-order valence-electron chi connectivity index (χ4n) is 3.08. The zero-order chi connectivity index (χ0) is 12.6. The Hall–Kier alpha value is -0.600. The second-order valence-corrected chi connectivity index (χ2v) is 5.59. The van der Waals surface area contributed by atoms with Gasteiger partial charge >= 0.3 is 0 Å². The van der Waals surface area contributed by atoms with E-state index in [-0.39, 0.29) is 11.2 Å². The van der Waals surface area contributed by atoms with E-state index in [0.29, 0.717) is 17.1 Å². The molecule has 0 radical (unpaired) electrons. The normalized spacial score (nSPS) is 18.6. The van der Waals surface area contributed by atoms with Crippen LogP contribution in [0.2, 0.25) is 5.02 Å². The summed E-state index contributed by atoms with van der Waals surface area (Å²) in [7, 11) is 0. The molecule has 0 aromatic heterocycles. The van der Waals surface area contributed by atoms with E-state index < -0.39 is 0 Å². The zero-order valence-electron chi connectivity index (χ0n) is 10.4. The van der Waals surface area contributed by atoms with Gasteiger partial charge in [-0.05, 0) is 49.4 Å². The van der Waals surface area contributed by atoms with Crippen LogP contribution in [0.15, 0.2) is 6.07 Å². The second-order valence-electron chi connectivity index (χ2n) is 5.18. The third-order valence-electron chi connectivity index (χ3n) is 4.12. The van der Waals surface area contributed by atoms with Crippen LogP contribution in [-0.2, 0) is 5.41 Å². The zero-order valence-corrected chi connectivity index (χ0v) is 11.2. The van der Waals surface area contributed by atoms with Gasteiger partial charge in [-0.15, -0.1) is 0 Å². The van der Waals surface area contributed by atoms with Crippen molar-refractivity contribution >= 4 is 11.6 Å². The van der Waals surface area contributed by atoms with Crippen molar-refractivity contribution < 1.29 is 4.39 Å². The highest BCUT2D eigenvalue weighted by molar-refractivity contribution is 6.31. The smallest absolute Gasteiger partial charge is 0.130 e. The van der Waals surface area contributed by atoms with Gasteiger partial charge < -0.3 is 5.73 Å². The Labute approximate surface area is 107 Å². The fraction of sp³-hybridized carbons (Fsp3) is 0.571. The monoisotopic (exact) mass is 255 g/mol. The predicted molar refractivity (Wildman–Crippen MR) is 70.1 cm³/mol. The van der Waals surface area contributed by atoms with Crippen molar-refractivity contribution in [2.24, 2.45) is 5.73 Å². The predicted octanol–water partition coefficient (Wildman–Crippen LogP) is 3.87. The average molecular weight is 256 g/mol. The van der Waals surface area contributed by atoms with Crippen molar-refractivity contribution in [3.63, 3.8) is 0 Å². The van der Waals surface area contributed by atoms with Gasteiger partial charge in [-0.25, -0.2) is 4.39 Å². The lowest BCUT2D eigenvalue weighted by atomic mass is 9.76. The van der Waals surface area contributed by atoms with Crippen molar-refractivity contribution in [1.82, 2.24) is 0 Å². The molecule has 0 aliphatic heterocycles. The first-order chi connectivity index (χ1) is 8.02. The molecule has 0 bridgehead atoms. The summed E-state index contributed by atoms with van der Waals surface area (Å²) in [5.74, 6) is -0.112. The molecule has 2 rings (SSSR count). The number of halogens is 2. The van der Waals surface area contributed by atoms with E-state index in [2.05, 4.69) is 0 Å². The first-order valence-electron chi connectivity index (χ1n) is 6.17. The minimum Gasteiger partial charge on any atom is -0.330 e. The van der Waals surface area contributed by atoms with Crippen LogP contribution in [0.3, 0.4) is 0 Å². The maximum absolute atomic E-state index is 14.4. The van der Waals surface area contributed by atoms with Gasteiger partial charge in [-0.1, -0.05) is 24.4 Å². The van der Waals surface area contributed by atoms with Crippen LogP contribution in [0.4, 0.5) is 4.39 Å². The number of hydrogen-bond acceptors (Lipinski definition) is 1. The summed E-state index contributed by atoms with van der Waals surface area (Å²) < 4.78 is 14.4. The molecule has 1 aliphatic carbocycles. The molecule has 0 unspecified atom stereocenters. The van der Waals surface area contributed by atoms with E-state index in [1.165, 1.54) is 0 Å². The molecule has 1 fully saturated rings. The number of rotatable bonds is 2. The van der Waals surface area contributed by atoms with Crippen LogP contribution in [0.1, 0.15) is 42.4 Å². The Morgan fingerprint density at radius 2 is 1.94 bits per heavy atom. The highest BCUT2D eigenvalue weighted by Gasteiger charge is 2.38. The first kappa shape index (κ1) is 12.8. The molecule has 17 heavy (non-hydrogen) atoms. The molecule has 1 nitrogen and oxygen atoms in total. The molecule has 1 aromatic rings. The largest absolute Gasteiger partial charge is 0.330 e. The Morgan fingerprint density at radius 1 is 1.35 bits per heavy atom. The van der Waals surface area contributed by atoms with E-state index in [0.717, 1.165) is 36.8 Å². The van der Waals surface area contributed by atoms with Crippen LogP contribution < -0.4 is 5.73 Å². The van der Waals surface area contributed by atoms with Crippen LogP contribution in [-0.4, -0.2) is 6.54 Å². The fourth-order valence-corrected chi connectivity index (χ4v) is 3.34. The molecule has 1 saturated carbocycles. The van der Waals surface area contributed by atoms with Crippen molar-refractivity contribution in [3.05, 3.63) is 33.6 Å². The van der Waals surface area contributed by atoms with Crippen LogP contribution >= 0.6 is 11.6 Å². The number of aryl methyl sites for hydroxylation is 1. The molecule has 2 N–H and O–H groups in total. The number of benzene rings is 1. The van der Waals surface area contributed by atoms with Crippen molar-refractivity contribution in [2.75, 3.05) is 6.54 Å². The number of nitrogens with two attached hydrogens (primary N) is 1. The molecule has 0 saturated heterocycles. The first-order valence-corrected chi connectivity index (χ1v) is 6.55. The summed E-state index contributed by atoms with van der Waals surface area (Å²) in [6.45, 7) is 4.17. The average Bonchev–Trinajstić information content (AvgIpc) is 2.77. The SMILES string of the molecule is Cc1cc(Cl)c(C)c(C2(CN)CCCC2)c1F. The van der Waals surface area contributed by atoms with E-state index in [4.69, 9.17) is 17.3 Å². The third-order valence-corrected chi connectivity index (χ3v) is 4.52. The van der Waals surface area contributed by atoms with Gasteiger partial charge in [0.15, 0.2) is 0 Å². The van der Waals surface area contributed by atoms with Gasteiger partial charge in [-0.2, -0.15) is 0 Å². The minimum atomic E-state index is -0.191. The molecule has 3 heteroatoms. The molecule has 94 valence electrons. The standard InChI is InChI=1S/C14H19ClFN/c1-9-7-11(15)10(2)12(13(9)16)14(8-17)5-3-4-6-14/h7H,3-6,8,17H2,1-2H3.